The topological polar surface area (TPSA) is 125 Å². The number of methoxy groups -OCH3 is 2. The van der Waals surface area contributed by atoms with E-state index in [-0.39, 0.29) is 28.7 Å². The highest BCUT2D eigenvalue weighted by atomic mass is 19.1. The average molecular weight is 624 g/mol. The van der Waals surface area contributed by atoms with Crippen LogP contribution in [0.2, 0.25) is 0 Å². The number of pyridine rings is 1. The zero-order valence-corrected chi connectivity index (χ0v) is 27.3. The average Bonchev–Trinajstić information content (AvgIpc) is 2.99. The second kappa shape index (κ2) is 16.9. The van der Waals surface area contributed by atoms with Crippen LogP contribution in [0.1, 0.15) is 56.8 Å². The molecule has 1 aliphatic heterocycles. The van der Waals surface area contributed by atoms with Crippen LogP contribution in [0.3, 0.4) is 0 Å². The normalized spacial score (nSPS) is 15.4. The Morgan fingerprint density at radius 2 is 1.84 bits per heavy atom. The number of aromatic nitrogens is 1. The molecule has 1 aliphatic rings. The lowest BCUT2D eigenvalue weighted by Crippen LogP contribution is -2.49. The van der Waals surface area contributed by atoms with Gasteiger partial charge >= 0.3 is 0 Å². The number of nitrogens with one attached hydrogen (secondary N) is 3. The Bertz CT molecular complexity index is 1470. The number of ether oxygens (including phenoxy) is 2. The molecule has 2 heterocycles. The predicted molar refractivity (Wildman–Crippen MR) is 174 cm³/mol. The minimum atomic E-state index is -0.491. The Labute approximate surface area is 265 Å². The lowest BCUT2D eigenvalue weighted by Gasteiger charge is -2.31. The Kier molecular flexibility index (Phi) is 13.3. The van der Waals surface area contributed by atoms with Crippen LogP contribution in [0.4, 0.5) is 10.2 Å². The van der Waals surface area contributed by atoms with Gasteiger partial charge in [0, 0.05) is 50.9 Å². The number of carbonyl (C=O) groups excluding carboxylic acids is 2. The number of phenolic OH excluding ortho intramolecular Hbond substituents is 1. The van der Waals surface area contributed by atoms with Crippen LogP contribution in [0.15, 0.2) is 42.6 Å². The third kappa shape index (κ3) is 10.5. The van der Waals surface area contributed by atoms with Crippen molar-refractivity contribution in [1.82, 2.24) is 20.5 Å². The van der Waals surface area contributed by atoms with E-state index in [2.05, 4.69) is 32.8 Å². The molecule has 0 radical (unpaired) electrons. The summed E-state index contributed by atoms with van der Waals surface area (Å²) in [5.41, 5.74) is 3.36. The van der Waals surface area contributed by atoms with Crippen molar-refractivity contribution < 1.29 is 28.6 Å². The van der Waals surface area contributed by atoms with E-state index in [1.54, 1.807) is 39.8 Å². The van der Waals surface area contributed by atoms with Crippen LogP contribution in [0, 0.1) is 26.6 Å². The van der Waals surface area contributed by atoms with Crippen molar-refractivity contribution in [2.45, 2.75) is 53.1 Å². The van der Waals surface area contributed by atoms with E-state index < -0.39 is 11.8 Å². The summed E-state index contributed by atoms with van der Waals surface area (Å²) in [4.78, 5) is 31.8. The van der Waals surface area contributed by atoms with Crippen molar-refractivity contribution in [3.8, 4) is 11.5 Å². The van der Waals surface area contributed by atoms with Gasteiger partial charge in [0.15, 0.2) is 0 Å². The van der Waals surface area contributed by atoms with Gasteiger partial charge in [-0.1, -0.05) is 12.1 Å². The van der Waals surface area contributed by atoms with E-state index in [1.165, 1.54) is 32.5 Å². The largest absolute Gasteiger partial charge is 0.507 e. The molecule has 0 spiro atoms. The maximum atomic E-state index is 13.4. The molecule has 2 atom stereocenters. The summed E-state index contributed by atoms with van der Waals surface area (Å²) in [5, 5.41) is 19.0. The van der Waals surface area contributed by atoms with Gasteiger partial charge < -0.3 is 35.4 Å². The number of halogens is 1. The maximum absolute atomic E-state index is 13.4. The molecule has 0 aliphatic carbocycles. The molecule has 4 N–H and O–H groups in total. The highest BCUT2D eigenvalue weighted by Crippen LogP contribution is 2.24. The van der Waals surface area contributed by atoms with E-state index in [0.29, 0.717) is 29.8 Å². The van der Waals surface area contributed by atoms with Gasteiger partial charge in [0.2, 0.25) is 0 Å². The number of hydrogen-bond acceptors (Lipinski definition) is 8. The van der Waals surface area contributed by atoms with Crippen LogP contribution in [0.25, 0.3) is 0 Å². The molecule has 3 aromatic rings. The van der Waals surface area contributed by atoms with Gasteiger partial charge in [0.25, 0.3) is 11.8 Å². The van der Waals surface area contributed by atoms with Gasteiger partial charge in [-0.3, -0.25) is 9.59 Å². The summed E-state index contributed by atoms with van der Waals surface area (Å²) in [7, 11) is 3.07. The molecule has 1 aromatic heterocycles. The van der Waals surface area contributed by atoms with Gasteiger partial charge in [-0.2, -0.15) is 0 Å². The zero-order valence-electron chi connectivity index (χ0n) is 27.3. The first kappa shape index (κ1) is 35.4. The molecule has 4 rings (SSSR count). The molecule has 0 saturated carbocycles. The third-order valence-electron chi connectivity index (χ3n) is 7.55. The van der Waals surface area contributed by atoms with Crippen LogP contribution < -0.4 is 20.7 Å². The molecule has 1 unspecified atom stereocenters. The first-order valence-electron chi connectivity index (χ1n) is 15.1. The lowest BCUT2D eigenvalue weighted by atomic mass is 10.0. The van der Waals surface area contributed by atoms with Gasteiger partial charge in [-0.15, -0.1) is 0 Å². The SMILES string of the molecule is COCC(C)NC(=O)c1cc(C(=O)Nc2ncc(OC)cc2C)c(C)cc1O.Cc1ccc(CCN2CCN[C@H](C)C2)cc1F. The van der Waals surface area contributed by atoms with Gasteiger partial charge in [0.05, 0.1) is 25.5 Å². The van der Waals surface area contributed by atoms with Crippen LogP contribution in [0.5, 0.6) is 11.5 Å². The van der Waals surface area contributed by atoms with Crippen molar-refractivity contribution in [2.75, 3.05) is 52.3 Å². The van der Waals surface area contributed by atoms with Crippen LogP contribution in [-0.2, 0) is 11.2 Å². The van der Waals surface area contributed by atoms with E-state index in [4.69, 9.17) is 9.47 Å². The number of anilines is 1. The molecule has 2 aromatic carbocycles. The van der Waals surface area contributed by atoms with E-state index in [9.17, 15) is 19.1 Å². The number of aryl methyl sites for hydroxylation is 3. The molecular weight excluding hydrogens is 577 g/mol. The number of piperazine rings is 1. The van der Waals surface area contributed by atoms with Crippen molar-refractivity contribution in [3.63, 3.8) is 0 Å². The van der Waals surface area contributed by atoms with Crippen molar-refractivity contribution in [2.24, 2.45) is 0 Å². The third-order valence-corrected chi connectivity index (χ3v) is 7.55. The molecule has 1 saturated heterocycles. The fourth-order valence-electron chi connectivity index (χ4n) is 4.97. The van der Waals surface area contributed by atoms with Gasteiger partial charge in [-0.25, -0.2) is 9.37 Å². The van der Waals surface area contributed by atoms with Gasteiger partial charge in [0.1, 0.15) is 23.1 Å². The van der Waals surface area contributed by atoms with Crippen molar-refractivity contribution in [3.05, 3.63) is 81.8 Å². The zero-order chi connectivity index (χ0) is 33.1. The van der Waals surface area contributed by atoms with Gasteiger partial charge in [-0.05, 0) is 87.6 Å². The van der Waals surface area contributed by atoms with Crippen LogP contribution in [-0.4, -0.2) is 85.9 Å². The minimum Gasteiger partial charge on any atom is -0.507 e. The van der Waals surface area contributed by atoms with E-state index in [1.807, 2.05) is 12.1 Å². The summed E-state index contributed by atoms with van der Waals surface area (Å²) in [6, 6.07) is 10.4. The summed E-state index contributed by atoms with van der Waals surface area (Å²) < 4.78 is 23.5. The number of phenols is 1. The number of benzene rings is 2. The fraction of sp³-hybridized carbons (Fsp3) is 0.441. The Hall–Kier alpha value is -4.06. The molecule has 244 valence electrons. The Morgan fingerprint density at radius 3 is 2.49 bits per heavy atom. The molecule has 10 nitrogen and oxygen atoms in total. The Morgan fingerprint density at radius 1 is 1.09 bits per heavy atom. The summed E-state index contributed by atoms with van der Waals surface area (Å²) in [6.45, 7) is 13.9. The number of amides is 2. The maximum Gasteiger partial charge on any atom is 0.257 e. The second-order valence-electron chi connectivity index (χ2n) is 11.5. The van der Waals surface area contributed by atoms with E-state index >= 15 is 0 Å². The summed E-state index contributed by atoms with van der Waals surface area (Å²) >= 11 is 0. The number of nitrogens with zero attached hydrogens (tertiary/aromatic N) is 2. The standard InChI is InChI=1S/C20H25N3O5.C14H21FN2/c1-11-7-17(24)16(20(26)22-13(3)10-27-4)8-15(11)19(25)23-18-12(2)6-14(28-5)9-21-18;1-11-3-4-13(9-14(11)15)5-7-17-8-6-16-12(2)10-17/h6-9,13,24H,10H2,1-5H3,(H,22,26)(H,21,23,25);3-4,9,12,16H,5-8,10H2,1-2H3/t;12-/m.1/s1. The lowest BCUT2D eigenvalue weighted by molar-refractivity contribution is 0.0903. The fourth-order valence-corrected chi connectivity index (χ4v) is 4.97. The summed E-state index contributed by atoms with van der Waals surface area (Å²) in [5.74, 6) is -0.239. The van der Waals surface area contributed by atoms with Crippen molar-refractivity contribution >= 4 is 17.6 Å². The summed E-state index contributed by atoms with van der Waals surface area (Å²) in [6.07, 6.45) is 2.44. The second-order valence-corrected chi connectivity index (χ2v) is 11.5. The first-order valence-corrected chi connectivity index (χ1v) is 15.1. The number of hydrogen-bond donors (Lipinski definition) is 4. The van der Waals surface area contributed by atoms with Crippen LogP contribution >= 0.6 is 0 Å². The predicted octanol–water partition coefficient (Wildman–Crippen LogP) is 4.40. The molecular formula is C34H46FN5O5. The molecule has 11 heteroatoms. The molecule has 0 bridgehead atoms. The molecule has 45 heavy (non-hydrogen) atoms. The molecule has 2 amide bonds. The number of rotatable bonds is 10. The number of carbonyl (C=O) groups is 2. The monoisotopic (exact) mass is 623 g/mol. The molecule has 1 fully saturated rings. The highest BCUT2D eigenvalue weighted by molar-refractivity contribution is 6.07. The minimum absolute atomic E-state index is 0.0121. The highest BCUT2D eigenvalue weighted by Gasteiger charge is 2.20. The smallest absolute Gasteiger partial charge is 0.257 e. The number of aromatic hydroxyl groups is 1. The van der Waals surface area contributed by atoms with E-state index in [0.717, 1.165) is 49.3 Å². The quantitative estimate of drug-likeness (QED) is 0.262. The first-order chi connectivity index (χ1) is 21.4. The van der Waals surface area contributed by atoms with Crippen molar-refractivity contribution in [1.29, 1.82) is 0 Å². The Balaban J connectivity index is 0.000000276.